The molecular weight excluding hydrogens is 719 g/mol. The summed E-state index contributed by atoms with van der Waals surface area (Å²) in [5, 5.41) is 0. The molecule has 0 radical (unpaired) electrons. The Morgan fingerprint density at radius 1 is 0.552 bits per heavy atom. The predicted octanol–water partition coefficient (Wildman–Crippen LogP) is 13.7. The molecule has 0 amide bonds. The normalized spacial score (nSPS) is 19.6. The monoisotopic (exact) mass is 787 g/mol. The molecule has 2 aliphatic carbocycles. The van der Waals surface area contributed by atoms with Crippen LogP contribution in [0.5, 0.6) is 0 Å². The zero-order chi connectivity index (χ0) is 41.9. The van der Waals surface area contributed by atoms with Gasteiger partial charge in [0.15, 0.2) is 0 Å². The number of rotatable bonds is 2. The first-order valence-electron chi connectivity index (χ1n) is 22.1. The summed E-state index contributed by atoms with van der Waals surface area (Å²) in [6, 6.07) is 27.3. The van der Waals surface area contributed by atoms with Crippen LogP contribution >= 0.6 is 11.3 Å². The minimum absolute atomic E-state index is 0.0203. The first-order valence-corrected chi connectivity index (χ1v) is 23.0. The zero-order valence-electron chi connectivity index (χ0n) is 38.6. The number of aryl methyl sites for hydroxylation is 2. The summed E-state index contributed by atoms with van der Waals surface area (Å²) < 4.78 is 1.52. The lowest BCUT2D eigenvalue weighted by atomic mass is 9.35. The number of thiophene rings is 1. The van der Waals surface area contributed by atoms with Crippen molar-refractivity contribution in [1.29, 1.82) is 0 Å². The number of fused-ring (bicyclic) bond motifs is 7. The fraction of sp³-hybridized carbons (Fsp3) is 0.481. The molecule has 0 unspecified atom stereocenters. The van der Waals surface area contributed by atoms with Gasteiger partial charge in [-0.2, -0.15) is 11.3 Å². The first kappa shape index (κ1) is 39.7. The van der Waals surface area contributed by atoms with Crippen molar-refractivity contribution < 1.29 is 0 Å². The molecule has 0 saturated carbocycles. The molecule has 4 aliphatic rings. The molecule has 4 aromatic carbocycles. The van der Waals surface area contributed by atoms with E-state index in [9.17, 15) is 0 Å². The molecule has 9 rings (SSSR count). The molecule has 0 fully saturated rings. The van der Waals surface area contributed by atoms with Gasteiger partial charge in [0.1, 0.15) is 0 Å². The van der Waals surface area contributed by atoms with E-state index in [0.717, 1.165) is 0 Å². The van der Waals surface area contributed by atoms with Crippen molar-refractivity contribution in [2.75, 3.05) is 9.80 Å². The lowest BCUT2D eigenvalue weighted by Gasteiger charge is -2.46. The summed E-state index contributed by atoms with van der Waals surface area (Å²) in [4.78, 5) is 6.99. The van der Waals surface area contributed by atoms with Gasteiger partial charge in [-0.25, -0.2) is 0 Å². The fourth-order valence-electron chi connectivity index (χ4n) is 11.0. The van der Waals surface area contributed by atoms with Gasteiger partial charge >= 0.3 is 0 Å². The maximum atomic E-state index is 2.76. The maximum absolute atomic E-state index is 2.76. The number of benzene rings is 4. The molecular formula is C54H67BN2S. The van der Waals surface area contributed by atoms with E-state index in [0.29, 0.717) is 0 Å². The van der Waals surface area contributed by atoms with E-state index in [1.807, 2.05) is 0 Å². The summed E-state index contributed by atoms with van der Waals surface area (Å²) in [6.45, 7) is 38.8. The van der Waals surface area contributed by atoms with Crippen LogP contribution in [-0.4, -0.2) is 6.71 Å². The molecule has 58 heavy (non-hydrogen) atoms. The molecule has 0 saturated heterocycles. The average Bonchev–Trinajstić information content (AvgIpc) is 3.54. The van der Waals surface area contributed by atoms with E-state index in [1.54, 1.807) is 10.4 Å². The summed E-state index contributed by atoms with van der Waals surface area (Å²) in [5.74, 6) is 0. The molecule has 0 bridgehead atoms. The van der Waals surface area contributed by atoms with Crippen LogP contribution in [-0.2, 0) is 32.5 Å². The molecule has 4 heteroatoms. The van der Waals surface area contributed by atoms with E-state index in [4.69, 9.17) is 0 Å². The lowest BCUT2D eigenvalue weighted by Crippen LogP contribution is -2.61. The molecule has 302 valence electrons. The highest BCUT2D eigenvalue weighted by Crippen LogP contribution is 2.57. The van der Waals surface area contributed by atoms with Gasteiger partial charge in [0.05, 0.1) is 5.69 Å². The van der Waals surface area contributed by atoms with Crippen LogP contribution in [0.25, 0.3) is 0 Å². The Morgan fingerprint density at radius 2 is 1.10 bits per heavy atom. The van der Waals surface area contributed by atoms with Crippen LogP contribution in [0.15, 0.2) is 66.7 Å². The summed E-state index contributed by atoms with van der Waals surface area (Å²) >= 11 is 2.14. The number of hydrogen-bond donors (Lipinski definition) is 0. The molecule has 0 atom stereocenters. The zero-order valence-corrected chi connectivity index (χ0v) is 39.4. The summed E-state index contributed by atoms with van der Waals surface area (Å²) in [6.07, 6.45) is 4.82. The van der Waals surface area contributed by atoms with Crippen LogP contribution in [0.2, 0.25) is 0 Å². The largest absolute Gasteiger partial charge is 0.311 e. The van der Waals surface area contributed by atoms with E-state index in [2.05, 4.69) is 199 Å². The van der Waals surface area contributed by atoms with Crippen molar-refractivity contribution in [2.45, 2.75) is 169 Å². The van der Waals surface area contributed by atoms with Crippen molar-refractivity contribution in [2.24, 2.45) is 0 Å². The molecule has 0 spiro atoms. The molecule has 5 aromatic rings. The van der Waals surface area contributed by atoms with Crippen molar-refractivity contribution in [3.63, 3.8) is 0 Å². The van der Waals surface area contributed by atoms with Crippen LogP contribution in [0.4, 0.5) is 34.1 Å². The predicted molar refractivity (Wildman–Crippen MR) is 256 cm³/mol. The third-order valence-corrected chi connectivity index (χ3v) is 16.6. The highest BCUT2D eigenvalue weighted by atomic mass is 32.1. The minimum atomic E-state index is 0.0203. The SMILES string of the molecule is Cc1cc2c3c(c1)N(c1ccc4c(c1)C(C)(C)CCC4(C)C)c1c(sc4c1C(C)(C)CCC4(C)C)B3c1cc(C(C)(C)C)ccc1N2c1ccc(C(C)(C)C)cc1C. The van der Waals surface area contributed by atoms with E-state index < -0.39 is 0 Å². The van der Waals surface area contributed by atoms with Crippen molar-refractivity contribution in [3.8, 4) is 0 Å². The van der Waals surface area contributed by atoms with E-state index >= 15 is 0 Å². The average molecular weight is 787 g/mol. The van der Waals surface area contributed by atoms with Crippen LogP contribution in [0, 0.1) is 13.8 Å². The second kappa shape index (κ2) is 12.4. The third-order valence-electron chi connectivity index (χ3n) is 15.0. The van der Waals surface area contributed by atoms with Crippen LogP contribution < -0.4 is 25.5 Å². The van der Waals surface area contributed by atoms with E-state index in [1.165, 1.54) is 109 Å². The van der Waals surface area contributed by atoms with Gasteiger partial charge in [-0.3, -0.25) is 0 Å². The number of anilines is 6. The number of nitrogens with zero attached hydrogens (tertiary/aromatic N) is 2. The number of hydrogen-bond acceptors (Lipinski definition) is 3. The quantitative estimate of drug-likeness (QED) is 0.161. The van der Waals surface area contributed by atoms with Gasteiger partial charge in [0.2, 0.25) is 0 Å². The summed E-state index contributed by atoms with van der Waals surface area (Å²) in [5.41, 5.74) is 21.4. The highest BCUT2D eigenvalue weighted by Gasteiger charge is 2.51. The van der Waals surface area contributed by atoms with Gasteiger partial charge in [0.25, 0.3) is 6.71 Å². The van der Waals surface area contributed by atoms with Gasteiger partial charge in [-0.05, 0) is 158 Å². The summed E-state index contributed by atoms with van der Waals surface area (Å²) in [7, 11) is 0. The molecule has 2 nitrogen and oxygen atoms in total. The Balaban J connectivity index is 1.41. The van der Waals surface area contributed by atoms with Gasteiger partial charge < -0.3 is 9.80 Å². The van der Waals surface area contributed by atoms with E-state index in [-0.39, 0.29) is 39.2 Å². The van der Waals surface area contributed by atoms with Crippen LogP contribution in [0.1, 0.15) is 166 Å². The Morgan fingerprint density at radius 3 is 1.72 bits per heavy atom. The Kier molecular flexibility index (Phi) is 8.49. The topological polar surface area (TPSA) is 6.48 Å². The Labute approximate surface area is 355 Å². The maximum Gasteiger partial charge on any atom is 0.264 e. The third kappa shape index (κ3) is 5.84. The minimum Gasteiger partial charge on any atom is -0.311 e. The molecule has 0 N–H and O–H groups in total. The van der Waals surface area contributed by atoms with Crippen molar-refractivity contribution in [3.05, 3.63) is 111 Å². The smallest absolute Gasteiger partial charge is 0.264 e. The van der Waals surface area contributed by atoms with Gasteiger partial charge in [-0.1, -0.05) is 127 Å². The highest BCUT2D eigenvalue weighted by molar-refractivity contribution is 7.29. The Bertz CT molecular complexity index is 2530. The second-order valence-corrected chi connectivity index (χ2v) is 24.4. The van der Waals surface area contributed by atoms with Crippen molar-refractivity contribution >= 4 is 67.9 Å². The molecule has 2 aliphatic heterocycles. The lowest BCUT2D eigenvalue weighted by molar-refractivity contribution is 0.332. The van der Waals surface area contributed by atoms with Crippen molar-refractivity contribution in [1.82, 2.24) is 0 Å². The molecule has 1 aromatic heterocycles. The second-order valence-electron chi connectivity index (χ2n) is 23.4. The Hall–Kier alpha value is -3.76. The fourth-order valence-corrected chi connectivity index (χ4v) is 12.7. The first-order chi connectivity index (χ1) is 26.8. The van der Waals surface area contributed by atoms with Crippen LogP contribution in [0.3, 0.4) is 0 Å². The van der Waals surface area contributed by atoms with Gasteiger partial charge in [-0.15, -0.1) is 0 Å². The van der Waals surface area contributed by atoms with Gasteiger partial charge in [0, 0.05) is 38.1 Å². The molecule has 3 heterocycles. The standard InChI is InChI=1S/C54H67BN2S/c1-32-27-42-45-43(28-32)57(40-21-17-34(29-33(40)2)49(3,4)5)41-22-18-35(50(6,7)8)30-39(41)55(45)48-46(44-47(58-48)54(15,16)26-25-53(44,13)14)56(42)36-19-20-37-38(31-36)52(11,12)24-23-51(37,9)10/h17-22,27-31H,23-26H2,1-16H3.